The second-order valence-corrected chi connectivity index (χ2v) is 7.17. The number of carbonyl (C=O) groups is 2. The number of hydrogen-bond donors (Lipinski definition) is 2. The smallest absolute Gasteiger partial charge is 0.296 e. The third-order valence-corrected chi connectivity index (χ3v) is 5.30. The molecule has 1 amide bonds. The maximum Gasteiger partial charge on any atom is 0.296 e. The summed E-state index contributed by atoms with van der Waals surface area (Å²) in [7, 11) is 0. The topological polar surface area (TPSA) is 109 Å². The second kappa shape index (κ2) is 7.24. The van der Waals surface area contributed by atoms with E-state index >= 15 is 0 Å². The van der Waals surface area contributed by atoms with Crippen LogP contribution in [0.1, 0.15) is 22.9 Å². The highest BCUT2D eigenvalue weighted by Gasteiger charge is 2.46. The molecule has 3 heterocycles. The van der Waals surface area contributed by atoms with Gasteiger partial charge in [-0.3, -0.25) is 9.59 Å². The van der Waals surface area contributed by atoms with Crippen LogP contribution >= 0.6 is 0 Å². The van der Waals surface area contributed by atoms with E-state index in [0.29, 0.717) is 28.4 Å². The zero-order valence-corrected chi connectivity index (χ0v) is 16.1. The Morgan fingerprint density at radius 1 is 1.03 bits per heavy atom. The van der Waals surface area contributed by atoms with Gasteiger partial charge in [0.2, 0.25) is 6.79 Å². The van der Waals surface area contributed by atoms with Crippen molar-refractivity contribution in [1.29, 1.82) is 0 Å². The standard InChI is InChI=1S/C23H17NO7/c25-15-6-3-13(4-7-15)20-19(21(26)14-5-8-17-18(10-14)31-12-30-17)22(27)23(28)24(20)11-16-2-1-9-29-16/h1-10,20,25-26H,11-12H2/b21-19-. The Kier molecular flexibility index (Phi) is 4.39. The van der Waals surface area contributed by atoms with Gasteiger partial charge in [-0.1, -0.05) is 12.1 Å². The van der Waals surface area contributed by atoms with Gasteiger partial charge in [-0.15, -0.1) is 0 Å². The van der Waals surface area contributed by atoms with Gasteiger partial charge < -0.3 is 29.0 Å². The summed E-state index contributed by atoms with van der Waals surface area (Å²) in [6.45, 7) is 0.113. The first-order valence-electron chi connectivity index (χ1n) is 9.52. The molecular weight excluding hydrogens is 402 g/mol. The lowest BCUT2D eigenvalue weighted by atomic mass is 9.95. The molecule has 2 aliphatic rings. The Bertz CT molecular complexity index is 1200. The van der Waals surface area contributed by atoms with Crippen molar-refractivity contribution in [2.24, 2.45) is 0 Å². The number of aromatic hydroxyl groups is 1. The molecular formula is C23H17NO7. The van der Waals surface area contributed by atoms with Gasteiger partial charge in [0.25, 0.3) is 11.7 Å². The number of ether oxygens (including phenoxy) is 2. The summed E-state index contributed by atoms with van der Waals surface area (Å²) in [5, 5.41) is 20.8. The van der Waals surface area contributed by atoms with E-state index in [1.807, 2.05) is 0 Å². The van der Waals surface area contributed by atoms with Crippen molar-refractivity contribution < 1.29 is 33.7 Å². The first-order chi connectivity index (χ1) is 15.0. The fraction of sp³-hybridized carbons (Fsp3) is 0.130. The summed E-state index contributed by atoms with van der Waals surface area (Å²) in [4.78, 5) is 27.2. The van der Waals surface area contributed by atoms with Crippen molar-refractivity contribution >= 4 is 17.4 Å². The molecule has 0 saturated carbocycles. The molecule has 0 bridgehead atoms. The zero-order chi connectivity index (χ0) is 21.5. The number of phenolic OH excluding ortho intramolecular Hbond substituents is 1. The van der Waals surface area contributed by atoms with Gasteiger partial charge in [-0.2, -0.15) is 0 Å². The summed E-state index contributed by atoms with van der Waals surface area (Å²) >= 11 is 0. The van der Waals surface area contributed by atoms with E-state index in [9.17, 15) is 19.8 Å². The number of furan rings is 1. The molecule has 2 aromatic carbocycles. The molecule has 2 N–H and O–H groups in total. The largest absolute Gasteiger partial charge is 0.508 e. The average molecular weight is 419 g/mol. The number of phenols is 1. The van der Waals surface area contributed by atoms with Crippen molar-refractivity contribution in [3.05, 3.63) is 83.3 Å². The number of aliphatic hydroxyl groups is 1. The van der Waals surface area contributed by atoms with E-state index in [4.69, 9.17) is 13.9 Å². The highest BCUT2D eigenvalue weighted by Crippen LogP contribution is 2.42. The minimum absolute atomic E-state index is 0.0427. The Morgan fingerprint density at radius 2 is 1.81 bits per heavy atom. The lowest BCUT2D eigenvalue weighted by molar-refractivity contribution is -0.140. The van der Waals surface area contributed by atoms with Crippen LogP contribution in [0.5, 0.6) is 17.2 Å². The molecule has 5 rings (SSSR count). The van der Waals surface area contributed by atoms with Gasteiger partial charge in [0, 0.05) is 5.56 Å². The van der Waals surface area contributed by atoms with Crippen LogP contribution < -0.4 is 9.47 Å². The minimum Gasteiger partial charge on any atom is -0.508 e. The number of ketones is 1. The maximum absolute atomic E-state index is 13.0. The monoisotopic (exact) mass is 419 g/mol. The summed E-state index contributed by atoms with van der Waals surface area (Å²) in [5.41, 5.74) is 0.830. The molecule has 31 heavy (non-hydrogen) atoms. The first-order valence-corrected chi connectivity index (χ1v) is 9.52. The fourth-order valence-electron chi connectivity index (χ4n) is 3.82. The van der Waals surface area contributed by atoms with Gasteiger partial charge in [0.15, 0.2) is 11.5 Å². The Morgan fingerprint density at radius 3 is 2.55 bits per heavy atom. The molecule has 0 radical (unpaired) electrons. The van der Waals surface area contributed by atoms with Crippen LogP contribution in [0.15, 0.2) is 70.9 Å². The van der Waals surface area contributed by atoms with Gasteiger partial charge in [-0.25, -0.2) is 0 Å². The number of nitrogens with zero attached hydrogens (tertiary/aromatic N) is 1. The molecule has 1 unspecified atom stereocenters. The van der Waals surface area contributed by atoms with Crippen molar-refractivity contribution in [1.82, 2.24) is 4.90 Å². The van der Waals surface area contributed by atoms with E-state index in [1.165, 1.54) is 23.3 Å². The van der Waals surface area contributed by atoms with Crippen LogP contribution in [-0.2, 0) is 16.1 Å². The highest BCUT2D eigenvalue weighted by atomic mass is 16.7. The number of amides is 1. The van der Waals surface area contributed by atoms with Crippen LogP contribution in [0, 0.1) is 0 Å². The number of aliphatic hydroxyl groups excluding tert-OH is 1. The van der Waals surface area contributed by atoms with E-state index in [-0.39, 0.29) is 30.4 Å². The van der Waals surface area contributed by atoms with Gasteiger partial charge in [0.05, 0.1) is 24.4 Å². The summed E-state index contributed by atoms with van der Waals surface area (Å²) < 4.78 is 16.0. The number of likely N-dealkylation sites (tertiary alicyclic amines) is 1. The van der Waals surface area contributed by atoms with E-state index in [0.717, 1.165) is 0 Å². The SMILES string of the molecule is O=C1C(=O)N(Cc2ccco2)C(c2ccc(O)cc2)/C1=C(/O)c1ccc2c(c1)OCO2. The third kappa shape index (κ3) is 3.18. The maximum atomic E-state index is 13.0. The van der Waals surface area contributed by atoms with Gasteiger partial charge in [0.1, 0.15) is 17.3 Å². The molecule has 1 aromatic heterocycles. The molecule has 0 aliphatic carbocycles. The predicted molar refractivity (Wildman–Crippen MR) is 107 cm³/mol. The highest BCUT2D eigenvalue weighted by molar-refractivity contribution is 6.46. The average Bonchev–Trinajstić information content (AvgIpc) is 3.51. The molecule has 2 aliphatic heterocycles. The number of fused-ring (bicyclic) bond motifs is 1. The zero-order valence-electron chi connectivity index (χ0n) is 16.1. The van der Waals surface area contributed by atoms with Crippen LogP contribution in [-0.4, -0.2) is 33.6 Å². The van der Waals surface area contributed by atoms with Crippen LogP contribution in [0.2, 0.25) is 0 Å². The number of Topliss-reactive ketones (excluding diaryl/α,β-unsaturated/α-hetero) is 1. The number of hydrogen-bond acceptors (Lipinski definition) is 7. The molecule has 0 spiro atoms. The molecule has 8 nitrogen and oxygen atoms in total. The molecule has 1 saturated heterocycles. The van der Waals surface area contributed by atoms with Crippen LogP contribution in [0.25, 0.3) is 5.76 Å². The normalized spacial score (nSPS) is 19.2. The predicted octanol–water partition coefficient (Wildman–Crippen LogP) is 3.34. The lowest BCUT2D eigenvalue weighted by Gasteiger charge is -2.24. The van der Waals surface area contributed by atoms with Crippen molar-refractivity contribution in [3.63, 3.8) is 0 Å². The van der Waals surface area contributed by atoms with Gasteiger partial charge in [-0.05, 0) is 48.0 Å². The summed E-state index contributed by atoms with van der Waals surface area (Å²) in [6, 6.07) is 13.4. The van der Waals surface area contributed by atoms with E-state index in [1.54, 1.807) is 42.5 Å². The first kappa shape index (κ1) is 18.8. The van der Waals surface area contributed by atoms with Crippen molar-refractivity contribution in [3.8, 4) is 17.2 Å². The Labute approximate surface area is 176 Å². The Balaban J connectivity index is 1.64. The molecule has 8 heteroatoms. The minimum atomic E-state index is -0.865. The van der Waals surface area contributed by atoms with Crippen molar-refractivity contribution in [2.75, 3.05) is 6.79 Å². The van der Waals surface area contributed by atoms with E-state index < -0.39 is 17.7 Å². The fourth-order valence-corrected chi connectivity index (χ4v) is 3.82. The van der Waals surface area contributed by atoms with E-state index in [2.05, 4.69) is 0 Å². The molecule has 1 fully saturated rings. The molecule has 1 atom stereocenters. The van der Waals surface area contributed by atoms with Crippen molar-refractivity contribution in [2.45, 2.75) is 12.6 Å². The lowest BCUT2D eigenvalue weighted by Crippen LogP contribution is -2.29. The van der Waals surface area contributed by atoms with Crippen LogP contribution in [0.3, 0.4) is 0 Å². The van der Waals surface area contributed by atoms with Crippen LogP contribution in [0.4, 0.5) is 0 Å². The van der Waals surface area contributed by atoms with Gasteiger partial charge >= 0.3 is 0 Å². The second-order valence-electron chi connectivity index (χ2n) is 7.17. The quantitative estimate of drug-likeness (QED) is 0.379. The number of benzene rings is 2. The summed E-state index contributed by atoms with van der Waals surface area (Å²) in [6.07, 6.45) is 1.48. The third-order valence-electron chi connectivity index (χ3n) is 5.30. The molecule has 3 aromatic rings. The summed E-state index contributed by atoms with van der Waals surface area (Å²) in [5.74, 6) is -0.371. The number of carbonyl (C=O) groups excluding carboxylic acids is 2. The Hall–Kier alpha value is -4.20. The number of rotatable bonds is 4. The molecule has 156 valence electrons.